The van der Waals surface area contributed by atoms with Crippen molar-refractivity contribution in [2.75, 3.05) is 0 Å². The molecule has 1 aromatic heterocycles. The Balaban J connectivity index is 2.31. The Morgan fingerprint density at radius 1 is 1.67 bits per heavy atom. The molecule has 0 unspecified atom stereocenters. The lowest BCUT2D eigenvalue weighted by atomic mass is 9.77. The number of aromatic nitrogens is 3. The van der Waals surface area contributed by atoms with Gasteiger partial charge in [0.05, 0.1) is 5.54 Å². The van der Waals surface area contributed by atoms with Crippen molar-refractivity contribution in [3.05, 3.63) is 12.2 Å². The first-order valence-corrected chi connectivity index (χ1v) is 4.43. The molecule has 0 atom stereocenters. The molecule has 1 aliphatic carbocycles. The van der Waals surface area contributed by atoms with Gasteiger partial charge in [-0.05, 0) is 26.2 Å². The summed E-state index contributed by atoms with van der Waals surface area (Å²) in [5.74, 6) is 0.955. The molecular formula is C8H14N4. The topological polar surface area (TPSA) is 56.7 Å². The Bertz CT molecular complexity index is 274. The molecule has 1 aromatic rings. The van der Waals surface area contributed by atoms with Crippen molar-refractivity contribution in [2.45, 2.75) is 38.3 Å². The summed E-state index contributed by atoms with van der Waals surface area (Å²) < 4.78 is 2.03. The van der Waals surface area contributed by atoms with Crippen LogP contribution in [0.3, 0.4) is 0 Å². The quantitative estimate of drug-likeness (QED) is 0.701. The Kier molecular flexibility index (Phi) is 1.65. The first kappa shape index (κ1) is 7.73. The van der Waals surface area contributed by atoms with Crippen molar-refractivity contribution in [1.29, 1.82) is 0 Å². The Morgan fingerprint density at radius 3 is 2.92 bits per heavy atom. The maximum absolute atomic E-state index is 6.12. The fourth-order valence-corrected chi connectivity index (χ4v) is 1.65. The summed E-state index contributed by atoms with van der Waals surface area (Å²) in [6.45, 7) is 2.98. The average molecular weight is 166 g/mol. The van der Waals surface area contributed by atoms with Gasteiger partial charge in [0.1, 0.15) is 6.33 Å². The Morgan fingerprint density at radius 2 is 2.42 bits per heavy atom. The molecule has 1 aliphatic rings. The standard InChI is InChI=1S/C8H14N4/c1-2-12-6-10-11-7(12)8(9)4-3-5-8/h6H,2-5,9H2,1H3. The summed E-state index contributed by atoms with van der Waals surface area (Å²) in [4.78, 5) is 0. The van der Waals surface area contributed by atoms with Crippen molar-refractivity contribution in [2.24, 2.45) is 5.73 Å². The number of hydrogen-bond donors (Lipinski definition) is 1. The third kappa shape index (κ3) is 0.948. The first-order valence-electron chi connectivity index (χ1n) is 4.43. The molecule has 0 aliphatic heterocycles. The summed E-state index contributed by atoms with van der Waals surface area (Å²) in [6.07, 6.45) is 5.06. The van der Waals surface area contributed by atoms with Gasteiger partial charge in [0, 0.05) is 6.54 Å². The fraction of sp³-hybridized carbons (Fsp3) is 0.750. The zero-order valence-corrected chi connectivity index (χ0v) is 7.32. The van der Waals surface area contributed by atoms with Gasteiger partial charge in [-0.2, -0.15) is 0 Å². The van der Waals surface area contributed by atoms with Gasteiger partial charge in [-0.1, -0.05) is 0 Å². The highest BCUT2D eigenvalue weighted by molar-refractivity contribution is 5.09. The Labute approximate surface area is 71.8 Å². The zero-order chi connectivity index (χ0) is 8.60. The predicted octanol–water partition coefficient (Wildman–Crippen LogP) is 0.636. The Hall–Kier alpha value is -0.900. The van der Waals surface area contributed by atoms with Gasteiger partial charge >= 0.3 is 0 Å². The van der Waals surface area contributed by atoms with Crippen LogP contribution < -0.4 is 5.73 Å². The minimum absolute atomic E-state index is 0.174. The SMILES string of the molecule is CCn1cnnc1C1(N)CCC1. The molecule has 2 rings (SSSR count). The molecule has 12 heavy (non-hydrogen) atoms. The third-order valence-corrected chi connectivity index (χ3v) is 2.65. The van der Waals surface area contributed by atoms with Crippen molar-refractivity contribution in [1.82, 2.24) is 14.8 Å². The van der Waals surface area contributed by atoms with Crippen molar-refractivity contribution < 1.29 is 0 Å². The monoisotopic (exact) mass is 166 g/mol. The second kappa shape index (κ2) is 2.55. The fourth-order valence-electron chi connectivity index (χ4n) is 1.65. The maximum Gasteiger partial charge on any atom is 0.152 e. The molecule has 4 heteroatoms. The van der Waals surface area contributed by atoms with Gasteiger partial charge in [-0.25, -0.2) is 0 Å². The van der Waals surface area contributed by atoms with E-state index in [1.54, 1.807) is 6.33 Å². The van der Waals surface area contributed by atoms with E-state index in [4.69, 9.17) is 5.73 Å². The van der Waals surface area contributed by atoms with E-state index in [9.17, 15) is 0 Å². The van der Waals surface area contributed by atoms with Crippen LogP contribution in [-0.2, 0) is 12.1 Å². The van der Waals surface area contributed by atoms with E-state index >= 15 is 0 Å². The zero-order valence-electron chi connectivity index (χ0n) is 7.32. The second-order valence-electron chi connectivity index (χ2n) is 3.45. The van der Waals surface area contributed by atoms with E-state index in [0.717, 1.165) is 25.2 Å². The van der Waals surface area contributed by atoms with E-state index in [1.165, 1.54) is 6.42 Å². The molecule has 0 radical (unpaired) electrons. The molecule has 1 fully saturated rings. The molecule has 0 saturated heterocycles. The summed E-state index contributed by atoms with van der Waals surface area (Å²) in [5, 5.41) is 7.94. The van der Waals surface area contributed by atoms with Crippen LogP contribution in [-0.4, -0.2) is 14.8 Å². The number of nitrogens with zero attached hydrogens (tertiary/aromatic N) is 3. The largest absolute Gasteiger partial charge is 0.319 e. The first-order chi connectivity index (χ1) is 5.76. The molecule has 2 N–H and O–H groups in total. The second-order valence-corrected chi connectivity index (χ2v) is 3.45. The van der Waals surface area contributed by atoms with Crippen molar-refractivity contribution in [3.8, 4) is 0 Å². The molecule has 0 bridgehead atoms. The average Bonchev–Trinajstić information content (AvgIpc) is 2.47. The van der Waals surface area contributed by atoms with E-state index in [-0.39, 0.29) is 5.54 Å². The van der Waals surface area contributed by atoms with Crippen LogP contribution in [0.4, 0.5) is 0 Å². The van der Waals surface area contributed by atoms with Crippen LogP contribution in [0.2, 0.25) is 0 Å². The maximum atomic E-state index is 6.12. The van der Waals surface area contributed by atoms with Crippen LogP contribution in [0.5, 0.6) is 0 Å². The molecule has 0 amide bonds. The smallest absolute Gasteiger partial charge is 0.152 e. The molecular weight excluding hydrogens is 152 g/mol. The lowest BCUT2D eigenvalue weighted by Crippen LogP contribution is -2.45. The highest BCUT2D eigenvalue weighted by atomic mass is 15.3. The lowest BCUT2D eigenvalue weighted by Gasteiger charge is -2.36. The highest BCUT2D eigenvalue weighted by Crippen LogP contribution is 2.37. The minimum atomic E-state index is -0.174. The summed E-state index contributed by atoms with van der Waals surface area (Å²) in [7, 11) is 0. The number of rotatable bonds is 2. The van der Waals surface area contributed by atoms with Crippen molar-refractivity contribution >= 4 is 0 Å². The molecule has 4 nitrogen and oxygen atoms in total. The normalized spacial score (nSPS) is 20.5. The van der Waals surface area contributed by atoms with Crippen LogP contribution in [0.15, 0.2) is 6.33 Å². The minimum Gasteiger partial charge on any atom is -0.319 e. The van der Waals surface area contributed by atoms with Gasteiger partial charge in [0.25, 0.3) is 0 Å². The van der Waals surface area contributed by atoms with E-state index in [0.29, 0.717) is 0 Å². The number of hydrogen-bond acceptors (Lipinski definition) is 3. The molecule has 1 heterocycles. The highest BCUT2D eigenvalue weighted by Gasteiger charge is 2.38. The van der Waals surface area contributed by atoms with Gasteiger partial charge in [0.15, 0.2) is 5.82 Å². The van der Waals surface area contributed by atoms with Crippen molar-refractivity contribution in [3.63, 3.8) is 0 Å². The van der Waals surface area contributed by atoms with E-state index in [1.807, 2.05) is 4.57 Å². The van der Waals surface area contributed by atoms with Crippen LogP contribution in [0, 0.1) is 0 Å². The van der Waals surface area contributed by atoms with Gasteiger partial charge < -0.3 is 10.3 Å². The third-order valence-electron chi connectivity index (χ3n) is 2.65. The number of nitrogens with two attached hydrogens (primary N) is 1. The summed E-state index contributed by atoms with van der Waals surface area (Å²) in [6, 6.07) is 0. The predicted molar refractivity (Wildman–Crippen MR) is 45.4 cm³/mol. The van der Waals surface area contributed by atoms with Gasteiger partial charge in [-0.3, -0.25) is 0 Å². The molecule has 1 saturated carbocycles. The van der Waals surface area contributed by atoms with Gasteiger partial charge in [0.2, 0.25) is 0 Å². The molecule has 0 aromatic carbocycles. The van der Waals surface area contributed by atoms with Crippen LogP contribution in [0.25, 0.3) is 0 Å². The summed E-state index contributed by atoms with van der Waals surface area (Å²) in [5.41, 5.74) is 5.95. The molecule has 66 valence electrons. The van der Waals surface area contributed by atoms with Crippen LogP contribution >= 0.6 is 0 Å². The lowest BCUT2D eigenvalue weighted by molar-refractivity contribution is 0.230. The van der Waals surface area contributed by atoms with E-state index < -0.39 is 0 Å². The van der Waals surface area contributed by atoms with Gasteiger partial charge in [-0.15, -0.1) is 10.2 Å². The van der Waals surface area contributed by atoms with Crippen LogP contribution in [0.1, 0.15) is 32.0 Å². The van der Waals surface area contributed by atoms with E-state index in [2.05, 4.69) is 17.1 Å². The number of aryl methyl sites for hydroxylation is 1. The summed E-state index contributed by atoms with van der Waals surface area (Å²) >= 11 is 0. The molecule has 0 spiro atoms.